The van der Waals surface area contributed by atoms with Crippen LogP contribution in [0.3, 0.4) is 0 Å². The average Bonchev–Trinajstić information content (AvgIpc) is 2.57. The lowest BCUT2D eigenvalue weighted by Crippen LogP contribution is -2.40. The van der Waals surface area contributed by atoms with E-state index < -0.39 is 5.54 Å². The van der Waals surface area contributed by atoms with Crippen LogP contribution in [0.1, 0.15) is 27.8 Å². The summed E-state index contributed by atoms with van der Waals surface area (Å²) in [6.07, 6.45) is 0.757. The molecule has 0 bridgehead atoms. The highest BCUT2D eigenvalue weighted by molar-refractivity contribution is 9.10. The van der Waals surface area contributed by atoms with Crippen LogP contribution >= 0.6 is 15.9 Å². The molecule has 1 nitrogen and oxygen atoms in total. The van der Waals surface area contributed by atoms with E-state index >= 15 is 0 Å². The molecule has 0 aliphatic rings. The Bertz CT molecular complexity index is 791. The van der Waals surface area contributed by atoms with E-state index in [0.29, 0.717) is 0 Å². The summed E-state index contributed by atoms with van der Waals surface area (Å²) in [7, 11) is 0. The minimum atomic E-state index is -0.550. The highest BCUT2D eigenvalue weighted by Gasteiger charge is 2.30. The Morgan fingerprint density at radius 2 is 1.29 bits per heavy atom. The van der Waals surface area contributed by atoms with Gasteiger partial charge in [0.15, 0.2) is 0 Å². The van der Waals surface area contributed by atoms with Crippen molar-refractivity contribution in [2.75, 3.05) is 0 Å². The molecule has 3 aromatic rings. The van der Waals surface area contributed by atoms with Gasteiger partial charge in [0, 0.05) is 4.47 Å². The summed E-state index contributed by atoms with van der Waals surface area (Å²) in [5, 5.41) is 0. The first-order chi connectivity index (χ1) is 11.5. The van der Waals surface area contributed by atoms with Gasteiger partial charge >= 0.3 is 0 Å². The van der Waals surface area contributed by atoms with Crippen LogP contribution in [0, 0.1) is 13.8 Å². The normalized spacial score (nSPS) is 11.5. The van der Waals surface area contributed by atoms with Crippen LogP contribution in [0.15, 0.2) is 77.3 Å². The summed E-state index contributed by atoms with van der Waals surface area (Å²) in [5.74, 6) is 0. The molecule has 24 heavy (non-hydrogen) atoms. The molecule has 2 heteroatoms. The Morgan fingerprint density at radius 1 is 0.792 bits per heavy atom. The number of hydrogen-bond donors (Lipinski definition) is 1. The van der Waals surface area contributed by atoms with Crippen LogP contribution in [0.5, 0.6) is 0 Å². The maximum Gasteiger partial charge on any atom is 0.0706 e. The van der Waals surface area contributed by atoms with Gasteiger partial charge in [0.1, 0.15) is 0 Å². The molecule has 0 radical (unpaired) electrons. The summed E-state index contributed by atoms with van der Waals surface area (Å²) in [5.41, 5.74) is 12.5. The van der Waals surface area contributed by atoms with Gasteiger partial charge in [0.05, 0.1) is 5.54 Å². The number of hydrogen-bond acceptors (Lipinski definition) is 1. The SMILES string of the molecule is Cc1cccc(C(N)(Cc2ccc(Br)cc2)c2cccc(C)c2)c1. The predicted molar refractivity (Wildman–Crippen MR) is 105 cm³/mol. The van der Waals surface area contributed by atoms with Crippen molar-refractivity contribution in [1.29, 1.82) is 0 Å². The topological polar surface area (TPSA) is 26.0 Å². The van der Waals surface area contributed by atoms with Gasteiger partial charge in [-0.25, -0.2) is 0 Å². The van der Waals surface area contributed by atoms with Gasteiger partial charge < -0.3 is 5.73 Å². The molecule has 0 heterocycles. The molecular formula is C22H22BrN. The molecule has 0 spiro atoms. The molecule has 0 amide bonds. The predicted octanol–water partition coefficient (Wildman–Crippen LogP) is 5.51. The van der Waals surface area contributed by atoms with Crippen LogP contribution in [-0.4, -0.2) is 0 Å². The third-order valence-corrected chi connectivity index (χ3v) is 4.99. The Labute approximate surface area is 152 Å². The zero-order chi connectivity index (χ0) is 17.2. The highest BCUT2D eigenvalue weighted by atomic mass is 79.9. The number of benzene rings is 3. The molecule has 3 aromatic carbocycles. The van der Waals surface area contributed by atoms with Gasteiger partial charge in [-0.1, -0.05) is 87.7 Å². The third kappa shape index (κ3) is 3.61. The van der Waals surface area contributed by atoms with Gasteiger partial charge in [0.2, 0.25) is 0 Å². The number of rotatable bonds is 4. The van der Waals surface area contributed by atoms with Gasteiger partial charge in [-0.2, -0.15) is 0 Å². The smallest absolute Gasteiger partial charge is 0.0706 e. The van der Waals surface area contributed by atoms with Gasteiger partial charge in [-0.05, 0) is 49.1 Å². The van der Waals surface area contributed by atoms with Crippen LogP contribution < -0.4 is 5.73 Å². The first-order valence-electron chi connectivity index (χ1n) is 8.15. The van der Waals surface area contributed by atoms with Crippen LogP contribution in [0.2, 0.25) is 0 Å². The molecule has 0 fully saturated rings. The van der Waals surface area contributed by atoms with Crippen LogP contribution in [0.4, 0.5) is 0 Å². The lowest BCUT2D eigenvalue weighted by Gasteiger charge is -2.32. The van der Waals surface area contributed by atoms with Crippen molar-refractivity contribution in [3.8, 4) is 0 Å². The van der Waals surface area contributed by atoms with Crippen molar-refractivity contribution < 1.29 is 0 Å². The van der Waals surface area contributed by atoms with Crippen molar-refractivity contribution in [1.82, 2.24) is 0 Å². The second kappa shape index (κ2) is 6.92. The molecule has 0 aliphatic heterocycles. The quantitative estimate of drug-likeness (QED) is 0.635. The molecule has 0 aliphatic carbocycles. The van der Waals surface area contributed by atoms with Gasteiger partial charge in [-0.15, -0.1) is 0 Å². The highest BCUT2D eigenvalue weighted by Crippen LogP contribution is 2.32. The van der Waals surface area contributed by atoms with E-state index in [4.69, 9.17) is 5.73 Å². The van der Waals surface area contributed by atoms with E-state index in [-0.39, 0.29) is 0 Å². The Morgan fingerprint density at radius 3 is 1.75 bits per heavy atom. The summed E-state index contributed by atoms with van der Waals surface area (Å²) >= 11 is 3.50. The fourth-order valence-electron chi connectivity index (χ4n) is 3.14. The largest absolute Gasteiger partial charge is 0.317 e. The molecule has 2 N–H and O–H groups in total. The van der Waals surface area contributed by atoms with Crippen molar-refractivity contribution in [2.45, 2.75) is 25.8 Å². The van der Waals surface area contributed by atoms with E-state index in [1.807, 2.05) is 0 Å². The minimum absolute atomic E-state index is 0.550. The molecular weight excluding hydrogens is 358 g/mol. The molecule has 0 atom stereocenters. The fourth-order valence-corrected chi connectivity index (χ4v) is 3.40. The van der Waals surface area contributed by atoms with E-state index in [1.54, 1.807) is 0 Å². The summed E-state index contributed by atoms with van der Waals surface area (Å²) in [4.78, 5) is 0. The Balaban J connectivity index is 2.11. The first-order valence-corrected chi connectivity index (χ1v) is 8.94. The maximum absolute atomic E-state index is 7.04. The van der Waals surface area contributed by atoms with Gasteiger partial charge in [0.25, 0.3) is 0 Å². The molecule has 122 valence electrons. The summed E-state index contributed by atoms with van der Waals surface area (Å²) < 4.78 is 1.08. The van der Waals surface area contributed by atoms with Crippen LogP contribution in [-0.2, 0) is 12.0 Å². The van der Waals surface area contributed by atoms with Crippen LogP contribution in [0.25, 0.3) is 0 Å². The molecule has 0 saturated carbocycles. The van der Waals surface area contributed by atoms with E-state index in [2.05, 4.69) is 103 Å². The lowest BCUT2D eigenvalue weighted by atomic mass is 9.78. The summed E-state index contributed by atoms with van der Waals surface area (Å²) in [6, 6.07) is 25.5. The summed E-state index contributed by atoms with van der Waals surface area (Å²) in [6.45, 7) is 4.22. The van der Waals surface area contributed by atoms with E-state index in [0.717, 1.165) is 22.0 Å². The van der Waals surface area contributed by atoms with Crippen molar-refractivity contribution in [2.24, 2.45) is 5.73 Å². The molecule has 0 aromatic heterocycles. The minimum Gasteiger partial charge on any atom is -0.317 e. The van der Waals surface area contributed by atoms with Crippen molar-refractivity contribution in [3.63, 3.8) is 0 Å². The Kier molecular flexibility index (Phi) is 4.88. The third-order valence-electron chi connectivity index (χ3n) is 4.46. The standard InChI is InChI=1S/C22H22BrN/c1-16-5-3-7-19(13-16)22(24,20-8-4-6-17(2)14-20)15-18-9-11-21(23)12-10-18/h3-14H,15,24H2,1-2H3. The molecule has 3 rings (SSSR count). The number of halogens is 1. The Hall–Kier alpha value is -1.90. The number of nitrogens with two attached hydrogens (primary N) is 1. The second-order valence-electron chi connectivity index (χ2n) is 6.51. The first kappa shape index (κ1) is 16.9. The zero-order valence-electron chi connectivity index (χ0n) is 14.1. The monoisotopic (exact) mass is 379 g/mol. The zero-order valence-corrected chi connectivity index (χ0v) is 15.7. The average molecular weight is 380 g/mol. The van der Waals surface area contributed by atoms with Crippen molar-refractivity contribution in [3.05, 3.63) is 105 Å². The van der Waals surface area contributed by atoms with E-state index in [1.165, 1.54) is 16.7 Å². The fraction of sp³-hybridized carbons (Fsp3) is 0.182. The van der Waals surface area contributed by atoms with E-state index in [9.17, 15) is 0 Å². The van der Waals surface area contributed by atoms with Crippen molar-refractivity contribution >= 4 is 15.9 Å². The second-order valence-corrected chi connectivity index (χ2v) is 7.43. The van der Waals surface area contributed by atoms with Gasteiger partial charge in [-0.3, -0.25) is 0 Å². The maximum atomic E-state index is 7.04. The molecule has 0 saturated heterocycles. The molecule has 0 unspecified atom stereocenters. The number of aryl methyl sites for hydroxylation is 2. The lowest BCUT2D eigenvalue weighted by molar-refractivity contribution is 0.534.